The Kier molecular flexibility index (Phi) is 3.94. The van der Waals surface area contributed by atoms with Gasteiger partial charge in [-0.2, -0.15) is 0 Å². The van der Waals surface area contributed by atoms with Crippen molar-refractivity contribution in [1.82, 2.24) is 4.90 Å². The van der Waals surface area contributed by atoms with Gasteiger partial charge in [-0.1, -0.05) is 34.5 Å². The number of rotatable bonds is 4. The largest absolute Gasteiger partial charge is 0.480 e. The number of carbonyl (C=O) groups is 2. The molecule has 1 aliphatic carbocycles. The summed E-state index contributed by atoms with van der Waals surface area (Å²) in [5.41, 5.74) is -0.191. The van der Waals surface area contributed by atoms with Crippen molar-refractivity contribution in [3.05, 3.63) is 34.3 Å². The van der Waals surface area contributed by atoms with Crippen molar-refractivity contribution in [3.8, 4) is 0 Å². The van der Waals surface area contributed by atoms with Crippen LogP contribution in [-0.4, -0.2) is 28.9 Å². The van der Waals surface area contributed by atoms with Crippen molar-refractivity contribution in [2.24, 2.45) is 5.41 Å². The number of nitrogens with zero attached hydrogens (tertiary/aromatic N) is 1. The molecule has 4 nitrogen and oxygen atoms in total. The molecule has 1 aromatic carbocycles. The maximum Gasteiger partial charge on any atom is 0.319 e. The second kappa shape index (κ2) is 5.33. The first-order valence-electron chi connectivity index (χ1n) is 6.19. The lowest BCUT2D eigenvalue weighted by molar-refractivity contribution is -0.167. The summed E-state index contributed by atoms with van der Waals surface area (Å²) in [5.74, 6) is -1.28. The fourth-order valence-electron chi connectivity index (χ4n) is 2.35. The minimum atomic E-state index is -1.18. The summed E-state index contributed by atoms with van der Waals surface area (Å²) >= 11 is 3.35. The summed E-state index contributed by atoms with van der Waals surface area (Å²) in [5, 5.41) is 9.25. The highest BCUT2D eigenvalue weighted by Crippen LogP contribution is 2.42. The summed E-state index contributed by atoms with van der Waals surface area (Å²) in [6.07, 6.45) is 1.71. The molecule has 1 amide bonds. The topological polar surface area (TPSA) is 57.6 Å². The molecule has 0 aromatic heterocycles. The Morgan fingerprint density at radius 2 is 1.89 bits per heavy atom. The lowest BCUT2D eigenvalue weighted by Crippen LogP contribution is -2.51. The van der Waals surface area contributed by atoms with E-state index in [0.717, 1.165) is 16.5 Å². The molecule has 0 radical (unpaired) electrons. The van der Waals surface area contributed by atoms with Crippen LogP contribution >= 0.6 is 15.9 Å². The molecule has 0 unspecified atom stereocenters. The zero-order valence-corrected chi connectivity index (χ0v) is 12.3. The number of carboxylic acid groups (broad SMARTS) is 1. The van der Waals surface area contributed by atoms with E-state index < -0.39 is 11.4 Å². The van der Waals surface area contributed by atoms with Crippen molar-refractivity contribution in [2.75, 3.05) is 7.05 Å². The molecule has 102 valence electrons. The Bertz CT molecular complexity index is 494. The van der Waals surface area contributed by atoms with Crippen LogP contribution in [0.2, 0.25) is 0 Å². The van der Waals surface area contributed by atoms with Crippen molar-refractivity contribution in [1.29, 1.82) is 0 Å². The highest BCUT2D eigenvalue weighted by Gasteiger charge is 2.52. The van der Waals surface area contributed by atoms with Crippen molar-refractivity contribution in [2.45, 2.75) is 25.8 Å². The second-order valence-corrected chi connectivity index (χ2v) is 5.94. The Labute approximate surface area is 120 Å². The van der Waals surface area contributed by atoms with Crippen LogP contribution in [0.3, 0.4) is 0 Å². The number of halogens is 1. The molecule has 5 heteroatoms. The van der Waals surface area contributed by atoms with E-state index in [-0.39, 0.29) is 5.91 Å². The fraction of sp³-hybridized carbons (Fsp3) is 0.429. The molecule has 2 rings (SSSR count). The third-order valence-corrected chi connectivity index (χ3v) is 4.23. The quantitative estimate of drug-likeness (QED) is 0.866. The Balaban J connectivity index is 2.07. The Hall–Kier alpha value is -1.36. The van der Waals surface area contributed by atoms with Crippen LogP contribution in [0.15, 0.2) is 28.7 Å². The predicted molar refractivity (Wildman–Crippen MR) is 74.5 cm³/mol. The highest BCUT2D eigenvalue weighted by molar-refractivity contribution is 9.10. The fourth-order valence-corrected chi connectivity index (χ4v) is 2.61. The van der Waals surface area contributed by atoms with Crippen molar-refractivity contribution in [3.63, 3.8) is 0 Å². The number of hydrogen-bond acceptors (Lipinski definition) is 2. The molecule has 1 N–H and O–H groups in total. The van der Waals surface area contributed by atoms with Gasteiger partial charge < -0.3 is 10.0 Å². The molecule has 0 bridgehead atoms. The zero-order chi connectivity index (χ0) is 14.0. The van der Waals surface area contributed by atoms with Crippen LogP contribution in [0.4, 0.5) is 0 Å². The molecule has 0 aliphatic heterocycles. The summed E-state index contributed by atoms with van der Waals surface area (Å²) in [6, 6.07) is 7.65. The van der Waals surface area contributed by atoms with Gasteiger partial charge in [-0.05, 0) is 30.5 Å². The van der Waals surface area contributed by atoms with E-state index in [4.69, 9.17) is 0 Å². The maximum atomic E-state index is 12.3. The minimum absolute atomic E-state index is 0.283. The normalized spacial score (nSPS) is 16.5. The van der Waals surface area contributed by atoms with Crippen LogP contribution in [-0.2, 0) is 16.1 Å². The lowest BCUT2D eigenvalue weighted by Gasteiger charge is -2.38. The number of carboxylic acids is 1. The number of aliphatic carboxylic acids is 1. The number of benzene rings is 1. The first-order valence-corrected chi connectivity index (χ1v) is 6.98. The lowest BCUT2D eigenvalue weighted by atomic mass is 9.68. The Morgan fingerprint density at radius 1 is 1.32 bits per heavy atom. The van der Waals surface area contributed by atoms with Crippen LogP contribution in [0.5, 0.6) is 0 Å². The summed E-state index contributed by atoms with van der Waals surface area (Å²) < 4.78 is 0.978. The van der Waals surface area contributed by atoms with E-state index >= 15 is 0 Å². The van der Waals surface area contributed by atoms with Gasteiger partial charge in [0, 0.05) is 18.1 Å². The highest BCUT2D eigenvalue weighted by atomic mass is 79.9. The maximum absolute atomic E-state index is 12.3. The van der Waals surface area contributed by atoms with E-state index in [0.29, 0.717) is 19.4 Å². The SMILES string of the molecule is CN(Cc1ccc(Br)cc1)C(=O)C1(C(=O)O)CCC1. The van der Waals surface area contributed by atoms with E-state index in [2.05, 4.69) is 15.9 Å². The third kappa shape index (κ3) is 2.66. The van der Waals surface area contributed by atoms with Gasteiger partial charge in [-0.15, -0.1) is 0 Å². The van der Waals surface area contributed by atoms with Gasteiger partial charge >= 0.3 is 5.97 Å². The smallest absolute Gasteiger partial charge is 0.319 e. The summed E-state index contributed by atoms with van der Waals surface area (Å²) in [4.78, 5) is 25.1. The van der Waals surface area contributed by atoms with Crippen molar-refractivity contribution < 1.29 is 14.7 Å². The average molecular weight is 326 g/mol. The van der Waals surface area contributed by atoms with Gasteiger partial charge in [0.15, 0.2) is 0 Å². The number of amides is 1. The van der Waals surface area contributed by atoms with Crippen LogP contribution in [0.1, 0.15) is 24.8 Å². The molecule has 1 fully saturated rings. The van der Waals surface area contributed by atoms with Crippen molar-refractivity contribution >= 4 is 27.8 Å². The van der Waals surface area contributed by atoms with E-state index in [1.165, 1.54) is 4.90 Å². The van der Waals surface area contributed by atoms with Crippen LogP contribution in [0, 0.1) is 5.41 Å². The minimum Gasteiger partial charge on any atom is -0.480 e. The zero-order valence-electron chi connectivity index (χ0n) is 10.7. The Morgan fingerprint density at radius 3 is 2.32 bits per heavy atom. The number of carbonyl (C=O) groups excluding carboxylic acids is 1. The van der Waals surface area contributed by atoms with Crippen LogP contribution in [0.25, 0.3) is 0 Å². The molecular weight excluding hydrogens is 310 g/mol. The first-order chi connectivity index (χ1) is 8.95. The van der Waals surface area contributed by atoms with Gasteiger partial charge in [0.05, 0.1) is 0 Å². The molecule has 0 saturated heterocycles. The molecular formula is C14H16BrNO3. The van der Waals surface area contributed by atoms with Gasteiger partial charge in [0.25, 0.3) is 0 Å². The average Bonchev–Trinajstić information content (AvgIpc) is 2.30. The number of hydrogen-bond donors (Lipinski definition) is 1. The van der Waals surface area contributed by atoms with E-state index in [1.54, 1.807) is 7.05 Å². The summed E-state index contributed by atoms with van der Waals surface area (Å²) in [6.45, 7) is 0.432. The second-order valence-electron chi connectivity index (χ2n) is 5.03. The van der Waals surface area contributed by atoms with Gasteiger partial charge in [0.1, 0.15) is 5.41 Å². The van der Waals surface area contributed by atoms with E-state index in [9.17, 15) is 14.7 Å². The first kappa shape index (κ1) is 14.1. The van der Waals surface area contributed by atoms with E-state index in [1.807, 2.05) is 24.3 Å². The molecule has 1 aliphatic rings. The summed E-state index contributed by atoms with van der Waals surface area (Å²) in [7, 11) is 1.66. The third-order valence-electron chi connectivity index (χ3n) is 3.71. The molecule has 0 heterocycles. The predicted octanol–water partition coefficient (Wildman–Crippen LogP) is 2.66. The van der Waals surface area contributed by atoms with Gasteiger partial charge in [-0.3, -0.25) is 9.59 Å². The molecule has 0 atom stereocenters. The molecule has 1 aromatic rings. The van der Waals surface area contributed by atoms with Crippen LogP contribution < -0.4 is 0 Å². The molecule has 19 heavy (non-hydrogen) atoms. The standard InChI is InChI=1S/C14H16BrNO3/c1-16(9-10-3-5-11(15)6-4-10)12(17)14(13(18)19)7-2-8-14/h3-6H,2,7-9H2,1H3,(H,18,19). The monoisotopic (exact) mass is 325 g/mol. The van der Waals surface area contributed by atoms with Gasteiger partial charge in [0.2, 0.25) is 5.91 Å². The molecule has 1 saturated carbocycles. The molecule has 0 spiro atoms. The van der Waals surface area contributed by atoms with Gasteiger partial charge in [-0.25, -0.2) is 0 Å².